The molecule has 0 amide bonds. The van der Waals surface area contributed by atoms with Crippen LogP contribution in [0.2, 0.25) is 0 Å². The zero-order valence-corrected chi connectivity index (χ0v) is 33.3. The van der Waals surface area contributed by atoms with Crippen LogP contribution in [-0.2, 0) is 24.3 Å². The predicted molar refractivity (Wildman–Crippen MR) is 204 cm³/mol. The Kier molecular flexibility index (Phi) is 20.0. The molecule has 0 atom stereocenters. The van der Waals surface area contributed by atoms with Gasteiger partial charge in [-0.15, -0.1) is 21.6 Å². The van der Waals surface area contributed by atoms with Crippen LogP contribution >= 0.6 is 24.0 Å². The van der Waals surface area contributed by atoms with Gasteiger partial charge < -0.3 is 33.2 Å². The van der Waals surface area contributed by atoms with Crippen molar-refractivity contribution in [2.24, 2.45) is 10.2 Å². The fraction of sp³-hybridized carbons (Fsp3) is 0.647. The molecule has 0 radical (unpaired) electrons. The Morgan fingerprint density at radius 2 is 1.57 bits per heavy atom. The summed E-state index contributed by atoms with van der Waals surface area (Å²) in [5.41, 5.74) is 3.25. The molecule has 0 saturated heterocycles. The Balaban J connectivity index is 2.05. The summed E-state index contributed by atoms with van der Waals surface area (Å²) in [6, 6.07) is 8.05. The highest BCUT2D eigenvalue weighted by Crippen LogP contribution is 2.38. The SMILES string of the molecule is COc1cc(/N=N/c2sc(C#N)c(C)c2C#N)c(C)cc1N(CCOCCOCCN(C)CCCS(=O)(=O)O)CCOCC[N+](C)(C)CCCS. The van der Waals surface area contributed by atoms with Crippen molar-refractivity contribution < 1.29 is 36.4 Å². The van der Waals surface area contributed by atoms with Crippen molar-refractivity contribution in [2.45, 2.75) is 26.7 Å². The zero-order chi connectivity index (χ0) is 37.9. The van der Waals surface area contributed by atoms with Crippen molar-refractivity contribution >= 4 is 50.5 Å². The van der Waals surface area contributed by atoms with E-state index in [9.17, 15) is 18.9 Å². The van der Waals surface area contributed by atoms with Gasteiger partial charge in [-0.25, -0.2) is 0 Å². The molecule has 1 aromatic carbocycles. The van der Waals surface area contributed by atoms with Gasteiger partial charge in [0.1, 0.15) is 29.3 Å². The number of hydrogen-bond acceptors (Lipinski definition) is 14. The van der Waals surface area contributed by atoms with Gasteiger partial charge in [-0.05, 0) is 56.8 Å². The number of nitriles is 2. The number of rotatable bonds is 26. The number of methoxy groups -OCH3 is 1. The summed E-state index contributed by atoms with van der Waals surface area (Å²) < 4.78 is 55.0. The van der Waals surface area contributed by atoms with Crippen molar-refractivity contribution in [3.8, 4) is 17.9 Å². The maximum atomic E-state index is 10.9. The van der Waals surface area contributed by atoms with Crippen molar-refractivity contribution in [2.75, 3.05) is 124 Å². The summed E-state index contributed by atoms with van der Waals surface area (Å²) in [6.45, 7) is 10.8. The van der Waals surface area contributed by atoms with E-state index in [0.717, 1.165) is 52.3 Å². The minimum absolute atomic E-state index is 0.255. The fourth-order valence-electron chi connectivity index (χ4n) is 4.98. The van der Waals surface area contributed by atoms with E-state index >= 15 is 0 Å². The Bertz CT molecular complexity index is 1590. The third-order valence-corrected chi connectivity index (χ3v) is 10.3. The molecule has 2 rings (SSSR count). The maximum absolute atomic E-state index is 10.9. The van der Waals surface area contributed by atoms with Gasteiger partial charge in [0.15, 0.2) is 5.00 Å². The molecule has 284 valence electrons. The molecule has 0 fully saturated rings. The normalized spacial score (nSPS) is 12.1. The number of likely N-dealkylation sites (N-methyl/N-ethyl adjacent to an activating group) is 2. The molecule has 0 saturated carbocycles. The average molecular weight is 769 g/mol. The molecule has 1 N–H and O–H groups in total. The molecule has 51 heavy (non-hydrogen) atoms. The van der Waals surface area contributed by atoms with E-state index in [1.54, 1.807) is 14.0 Å². The molecule has 1 aromatic heterocycles. The first kappa shape index (κ1) is 44.3. The molecule has 1 heterocycles. The minimum Gasteiger partial charge on any atom is -0.495 e. The molecule has 0 aliphatic rings. The topological polar surface area (TPSA) is 170 Å². The van der Waals surface area contributed by atoms with E-state index in [0.29, 0.717) is 105 Å². The van der Waals surface area contributed by atoms with Gasteiger partial charge >= 0.3 is 0 Å². The molecule has 2 aromatic rings. The van der Waals surface area contributed by atoms with Gasteiger partial charge in [0.05, 0.1) is 90.1 Å². The van der Waals surface area contributed by atoms with E-state index in [1.807, 2.05) is 31.0 Å². The summed E-state index contributed by atoms with van der Waals surface area (Å²) in [5, 5.41) is 28.1. The third kappa shape index (κ3) is 16.6. The first-order chi connectivity index (χ1) is 24.2. The Morgan fingerprint density at radius 3 is 2.16 bits per heavy atom. The van der Waals surface area contributed by atoms with E-state index < -0.39 is 10.1 Å². The lowest BCUT2D eigenvalue weighted by Gasteiger charge is -2.30. The van der Waals surface area contributed by atoms with Gasteiger partial charge in [0.25, 0.3) is 10.1 Å². The number of thiol groups is 1. The van der Waals surface area contributed by atoms with Crippen LogP contribution in [-0.4, -0.2) is 141 Å². The van der Waals surface area contributed by atoms with Crippen molar-refractivity contribution in [1.29, 1.82) is 10.5 Å². The monoisotopic (exact) mass is 768 g/mol. The lowest BCUT2D eigenvalue weighted by molar-refractivity contribution is -0.890. The van der Waals surface area contributed by atoms with Gasteiger partial charge in [0.2, 0.25) is 0 Å². The van der Waals surface area contributed by atoms with E-state index in [2.05, 4.69) is 54.0 Å². The standard InChI is InChI=1S/C34H53N7O7S3/c1-27-23-31(32(45-6)24-30(27)37-38-34-29(25-35)28(2)33(26-36)50-34)40(11-16-46-18-14-41(4,5)13-8-21-49)12-17-48-20-19-47-15-10-39(3)9-7-22-51(42,43)44/h23-24H,7-22H2,1-6H3,(H-,42,43,44,49)/p+1/b38-37+. The lowest BCUT2D eigenvalue weighted by Crippen LogP contribution is -2.43. The first-order valence-electron chi connectivity index (χ1n) is 16.8. The smallest absolute Gasteiger partial charge is 0.264 e. The van der Waals surface area contributed by atoms with Crippen LogP contribution in [0.1, 0.15) is 34.4 Å². The zero-order valence-electron chi connectivity index (χ0n) is 30.8. The predicted octanol–water partition coefficient (Wildman–Crippen LogP) is 4.99. The second-order valence-electron chi connectivity index (χ2n) is 12.7. The fourth-order valence-corrected chi connectivity index (χ4v) is 6.50. The van der Waals surface area contributed by atoms with Crippen LogP contribution < -0.4 is 9.64 Å². The molecule has 14 nitrogen and oxygen atoms in total. The van der Waals surface area contributed by atoms with Gasteiger partial charge in [-0.1, -0.05) is 0 Å². The highest BCUT2D eigenvalue weighted by atomic mass is 32.2. The molecule has 0 aliphatic carbocycles. The van der Waals surface area contributed by atoms with Crippen molar-refractivity contribution in [3.63, 3.8) is 0 Å². The van der Waals surface area contributed by atoms with Crippen molar-refractivity contribution in [1.82, 2.24) is 4.90 Å². The Hall–Kier alpha value is -2.84. The quantitative estimate of drug-likeness (QED) is 0.0435. The van der Waals surface area contributed by atoms with Gasteiger partial charge in [-0.2, -0.15) is 31.6 Å². The summed E-state index contributed by atoms with van der Waals surface area (Å²) in [5.74, 6) is 1.21. The van der Waals surface area contributed by atoms with E-state index in [4.69, 9.17) is 23.5 Å². The largest absolute Gasteiger partial charge is 0.495 e. The number of nitrogens with zero attached hydrogens (tertiary/aromatic N) is 7. The van der Waals surface area contributed by atoms with Crippen LogP contribution in [0.5, 0.6) is 5.75 Å². The number of aryl methyl sites for hydroxylation is 1. The number of hydrogen-bond donors (Lipinski definition) is 2. The Labute approximate surface area is 313 Å². The lowest BCUT2D eigenvalue weighted by atomic mass is 10.1. The van der Waals surface area contributed by atoms with Gasteiger partial charge in [-0.3, -0.25) is 4.55 Å². The number of quaternary nitrogens is 1. The minimum atomic E-state index is -3.94. The van der Waals surface area contributed by atoms with Crippen LogP contribution in [0, 0.1) is 36.5 Å². The number of azo groups is 1. The number of thiophene rings is 1. The van der Waals surface area contributed by atoms with Crippen LogP contribution in [0.3, 0.4) is 0 Å². The Morgan fingerprint density at radius 1 is 0.922 bits per heavy atom. The maximum Gasteiger partial charge on any atom is 0.264 e. The average Bonchev–Trinajstić information content (AvgIpc) is 3.39. The molecule has 0 spiro atoms. The number of benzene rings is 1. The summed E-state index contributed by atoms with van der Waals surface area (Å²) in [7, 11) is 3.92. The van der Waals surface area contributed by atoms with Gasteiger partial charge in [0, 0.05) is 32.1 Å². The molecule has 0 bridgehead atoms. The summed E-state index contributed by atoms with van der Waals surface area (Å²) >= 11 is 5.48. The summed E-state index contributed by atoms with van der Waals surface area (Å²) in [6.07, 6.45) is 1.40. The first-order valence-corrected chi connectivity index (χ1v) is 19.9. The molecule has 0 unspecified atom stereocenters. The summed E-state index contributed by atoms with van der Waals surface area (Å²) in [4.78, 5) is 4.55. The molecular formula is C34H54N7O7S3+. The molecular weight excluding hydrogens is 715 g/mol. The number of ether oxygens (including phenoxy) is 4. The highest BCUT2D eigenvalue weighted by Gasteiger charge is 2.18. The van der Waals surface area contributed by atoms with Crippen LogP contribution in [0.25, 0.3) is 0 Å². The second-order valence-corrected chi connectivity index (χ2v) is 15.7. The van der Waals surface area contributed by atoms with Crippen LogP contribution in [0.4, 0.5) is 16.4 Å². The third-order valence-electron chi connectivity index (χ3n) is 8.13. The van der Waals surface area contributed by atoms with E-state index in [1.165, 1.54) is 0 Å². The second kappa shape index (κ2) is 23.0. The highest BCUT2D eigenvalue weighted by molar-refractivity contribution is 7.85. The molecule has 17 heteroatoms. The number of anilines is 1. The van der Waals surface area contributed by atoms with Crippen LogP contribution in [0.15, 0.2) is 22.4 Å². The van der Waals surface area contributed by atoms with E-state index in [-0.39, 0.29) is 5.75 Å². The molecule has 0 aliphatic heterocycles. The van der Waals surface area contributed by atoms with Crippen molar-refractivity contribution in [3.05, 3.63) is 33.7 Å².